The lowest BCUT2D eigenvalue weighted by Gasteiger charge is -2.19. The van der Waals surface area contributed by atoms with Crippen molar-refractivity contribution in [2.75, 3.05) is 0 Å². The molecule has 0 aromatic carbocycles. The number of urea groups is 1. The van der Waals surface area contributed by atoms with Gasteiger partial charge in [-0.1, -0.05) is 6.08 Å². The van der Waals surface area contributed by atoms with Crippen molar-refractivity contribution in [3.8, 4) is 0 Å². The van der Waals surface area contributed by atoms with E-state index in [1.165, 1.54) is 0 Å². The maximum atomic E-state index is 11.8. The fraction of sp³-hybridized carbons (Fsp3) is 0.600. The molecule has 1 rings (SSSR count). The number of carbonyl (C=O) groups excluding carboxylic acids is 1. The molecule has 0 saturated carbocycles. The molecular formula is C15H26N4O. The molecule has 1 heterocycles. The fourth-order valence-corrected chi connectivity index (χ4v) is 1.82. The SMILES string of the molecule is C=C[C@@H](C)NC(=O)N[C@H](C)c1cn(C(C)(C)C)nc1C. The summed E-state index contributed by atoms with van der Waals surface area (Å²) in [6, 6.07) is -0.350. The molecule has 0 unspecified atom stereocenters. The van der Waals surface area contributed by atoms with Crippen LogP contribution in [0.1, 0.15) is 51.9 Å². The van der Waals surface area contributed by atoms with E-state index in [-0.39, 0.29) is 23.7 Å². The third kappa shape index (κ3) is 4.11. The number of aromatic nitrogens is 2. The molecular weight excluding hydrogens is 252 g/mol. The topological polar surface area (TPSA) is 59.0 Å². The quantitative estimate of drug-likeness (QED) is 0.832. The number of rotatable bonds is 4. The molecule has 0 saturated heterocycles. The molecule has 5 nitrogen and oxygen atoms in total. The molecule has 0 fully saturated rings. The maximum absolute atomic E-state index is 11.8. The van der Waals surface area contributed by atoms with Gasteiger partial charge >= 0.3 is 6.03 Å². The number of aryl methyl sites for hydroxylation is 1. The average Bonchev–Trinajstić information content (AvgIpc) is 2.70. The molecule has 112 valence electrons. The first kappa shape index (κ1) is 16.3. The van der Waals surface area contributed by atoms with E-state index in [0.29, 0.717) is 0 Å². The second kappa shape index (κ2) is 6.11. The van der Waals surface area contributed by atoms with Gasteiger partial charge in [-0.15, -0.1) is 6.58 Å². The largest absolute Gasteiger partial charge is 0.332 e. The highest BCUT2D eigenvalue weighted by Crippen LogP contribution is 2.20. The summed E-state index contributed by atoms with van der Waals surface area (Å²) < 4.78 is 1.93. The second-order valence-electron chi connectivity index (χ2n) is 6.15. The Kier molecular flexibility index (Phi) is 4.98. The summed E-state index contributed by atoms with van der Waals surface area (Å²) >= 11 is 0. The average molecular weight is 278 g/mol. The Balaban J connectivity index is 2.78. The Morgan fingerprint density at radius 3 is 2.45 bits per heavy atom. The summed E-state index contributed by atoms with van der Waals surface area (Å²) in [7, 11) is 0. The van der Waals surface area contributed by atoms with Gasteiger partial charge in [0.15, 0.2) is 0 Å². The number of hydrogen-bond acceptors (Lipinski definition) is 2. The lowest BCUT2D eigenvalue weighted by molar-refractivity contribution is 0.236. The summed E-state index contributed by atoms with van der Waals surface area (Å²) in [5, 5.41) is 10.2. The van der Waals surface area contributed by atoms with E-state index in [0.717, 1.165) is 11.3 Å². The van der Waals surface area contributed by atoms with Crippen LogP contribution in [0.5, 0.6) is 0 Å². The number of nitrogens with one attached hydrogen (secondary N) is 2. The minimum absolute atomic E-state index is 0.0550. The van der Waals surface area contributed by atoms with Gasteiger partial charge in [0.25, 0.3) is 0 Å². The van der Waals surface area contributed by atoms with Crippen molar-refractivity contribution in [1.82, 2.24) is 20.4 Å². The van der Waals surface area contributed by atoms with E-state index in [4.69, 9.17) is 0 Å². The Labute approximate surface area is 121 Å². The van der Waals surface area contributed by atoms with E-state index in [9.17, 15) is 4.79 Å². The Hall–Kier alpha value is -1.78. The zero-order valence-electron chi connectivity index (χ0n) is 13.3. The third-order valence-corrected chi connectivity index (χ3v) is 3.15. The van der Waals surface area contributed by atoms with Crippen LogP contribution < -0.4 is 10.6 Å². The number of carbonyl (C=O) groups is 1. The molecule has 0 bridgehead atoms. The summed E-state index contributed by atoms with van der Waals surface area (Å²) in [4.78, 5) is 11.8. The normalized spacial score (nSPS) is 14.5. The minimum Gasteiger partial charge on any atom is -0.332 e. The van der Waals surface area contributed by atoms with Crippen LogP contribution in [0.25, 0.3) is 0 Å². The molecule has 0 spiro atoms. The molecule has 2 N–H and O–H groups in total. The van der Waals surface area contributed by atoms with Crippen molar-refractivity contribution < 1.29 is 4.79 Å². The highest BCUT2D eigenvalue weighted by molar-refractivity contribution is 5.74. The molecule has 0 aliphatic rings. The Morgan fingerprint density at radius 1 is 1.40 bits per heavy atom. The van der Waals surface area contributed by atoms with Crippen LogP contribution in [0, 0.1) is 6.92 Å². The van der Waals surface area contributed by atoms with Crippen LogP contribution >= 0.6 is 0 Å². The van der Waals surface area contributed by atoms with Crippen molar-refractivity contribution in [2.45, 2.75) is 59.2 Å². The summed E-state index contributed by atoms with van der Waals surface area (Å²) in [6.07, 6.45) is 3.68. The Bertz CT molecular complexity index is 485. The number of hydrogen-bond donors (Lipinski definition) is 2. The van der Waals surface area contributed by atoms with E-state index in [1.807, 2.05) is 31.6 Å². The van der Waals surface area contributed by atoms with Crippen molar-refractivity contribution in [3.05, 3.63) is 30.1 Å². The maximum Gasteiger partial charge on any atom is 0.315 e. The van der Waals surface area contributed by atoms with E-state index in [2.05, 4.69) is 43.1 Å². The zero-order valence-corrected chi connectivity index (χ0v) is 13.3. The zero-order chi connectivity index (χ0) is 15.5. The van der Waals surface area contributed by atoms with Crippen LogP contribution in [-0.2, 0) is 5.54 Å². The molecule has 1 aromatic rings. The molecule has 2 amide bonds. The van der Waals surface area contributed by atoms with Gasteiger partial charge in [-0.25, -0.2) is 4.79 Å². The Morgan fingerprint density at radius 2 is 2.00 bits per heavy atom. The first-order chi connectivity index (χ1) is 9.15. The molecule has 20 heavy (non-hydrogen) atoms. The van der Waals surface area contributed by atoms with Gasteiger partial charge in [0.05, 0.1) is 17.3 Å². The second-order valence-corrected chi connectivity index (χ2v) is 6.15. The molecule has 5 heteroatoms. The van der Waals surface area contributed by atoms with E-state index in [1.54, 1.807) is 6.08 Å². The third-order valence-electron chi connectivity index (χ3n) is 3.15. The van der Waals surface area contributed by atoms with E-state index >= 15 is 0 Å². The van der Waals surface area contributed by atoms with Crippen LogP contribution in [0.3, 0.4) is 0 Å². The van der Waals surface area contributed by atoms with Crippen LogP contribution in [0.15, 0.2) is 18.9 Å². The van der Waals surface area contributed by atoms with Gasteiger partial charge in [-0.3, -0.25) is 4.68 Å². The van der Waals surface area contributed by atoms with Crippen molar-refractivity contribution >= 4 is 6.03 Å². The molecule has 1 aromatic heterocycles. The van der Waals surface area contributed by atoms with Gasteiger partial charge in [-0.2, -0.15) is 5.10 Å². The van der Waals surface area contributed by atoms with Crippen LogP contribution in [-0.4, -0.2) is 21.9 Å². The van der Waals surface area contributed by atoms with Gasteiger partial charge in [-0.05, 0) is 41.5 Å². The lowest BCUT2D eigenvalue weighted by Crippen LogP contribution is -2.41. The van der Waals surface area contributed by atoms with Crippen LogP contribution in [0.2, 0.25) is 0 Å². The van der Waals surface area contributed by atoms with Crippen LogP contribution in [0.4, 0.5) is 4.79 Å². The van der Waals surface area contributed by atoms with Crippen molar-refractivity contribution in [2.24, 2.45) is 0 Å². The molecule has 0 aliphatic carbocycles. The van der Waals surface area contributed by atoms with Gasteiger partial charge in [0, 0.05) is 17.8 Å². The summed E-state index contributed by atoms with van der Waals surface area (Å²) in [5.41, 5.74) is 1.90. The van der Waals surface area contributed by atoms with Crippen molar-refractivity contribution in [3.63, 3.8) is 0 Å². The number of nitrogens with zero attached hydrogens (tertiary/aromatic N) is 2. The fourth-order valence-electron chi connectivity index (χ4n) is 1.82. The lowest BCUT2D eigenvalue weighted by atomic mass is 10.1. The van der Waals surface area contributed by atoms with Gasteiger partial charge in [0.1, 0.15) is 0 Å². The predicted octanol–water partition coefficient (Wildman–Crippen LogP) is 2.88. The first-order valence-electron chi connectivity index (χ1n) is 6.91. The van der Waals surface area contributed by atoms with Gasteiger partial charge < -0.3 is 10.6 Å². The van der Waals surface area contributed by atoms with Crippen molar-refractivity contribution in [1.29, 1.82) is 0 Å². The highest BCUT2D eigenvalue weighted by Gasteiger charge is 2.20. The molecule has 2 atom stereocenters. The standard InChI is InChI=1S/C15H26N4O/c1-8-10(2)16-14(20)17-11(3)13-9-19(15(5,6)7)18-12(13)4/h8-11H,1H2,2-7H3,(H2,16,17,20)/t10-,11-/m1/s1. The van der Waals surface area contributed by atoms with Gasteiger partial charge in [0.2, 0.25) is 0 Å². The smallest absolute Gasteiger partial charge is 0.315 e. The summed E-state index contributed by atoms with van der Waals surface area (Å²) in [5.74, 6) is 0. The first-order valence-corrected chi connectivity index (χ1v) is 6.91. The molecule has 0 aliphatic heterocycles. The molecule has 0 radical (unpaired) electrons. The number of amides is 2. The summed E-state index contributed by atoms with van der Waals surface area (Å²) in [6.45, 7) is 15.7. The minimum atomic E-state index is -0.201. The monoisotopic (exact) mass is 278 g/mol. The highest BCUT2D eigenvalue weighted by atomic mass is 16.2. The predicted molar refractivity (Wildman–Crippen MR) is 81.7 cm³/mol. The van der Waals surface area contributed by atoms with E-state index < -0.39 is 0 Å².